The van der Waals surface area contributed by atoms with E-state index in [2.05, 4.69) is 0 Å². The molecule has 132 valence electrons. The summed E-state index contributed by atoms with van der Waals surface area (Å²) >= 11 is 0. The van der Waals surface area contributed by atoms with Gasteiger partial charge < -0.3 is 14.7 Å². The highest BCUT2D eigenvalue weighted by Gasteiger charge is 2.47. The van der Waals surface area contributed by atoms with Gasteiger partial charge in [0.15, 0.2) is 0 Å². The lowest BCUT2D eigenvalue weighted by molar-refractivity contribution is -0.139. The molecule has 1 aromatic carbocycles. The highest BCUT2D eigenvalue weighted by Crippen LogP contribution is 2.44. The maximum Gasteiger partial charge on any atom is 0.316 e. The fourth-order valence-electron chi connectivity index (χ4n) is 3.27. The van der Waals surface area contributed by atoms with E-state index in [1.807, 2.05) is 0 Å². The van der Waals surface area contributed by atoms with Crippen LogP contribution in [0.5, 0.6) is 5.75 Å². The number of ether oxygens (including phenoxy) is 1. The summed E-state index contributed by atoms with van der Waals surface area (Å²) in [7, 11) is -2.46. The zero-order valence-corrected chi connectivity index (χ0v) is 14.2. The van der Waals surface area contributed by atoms with E-state index in [0.717, 1.165) is 0 Å². The Hall–Kier alpha value is -1.54. The second-order valence-corrected chi connectivity index (χ2v) is 7.97. The zero-order chi connectivity index (χ0) is 17.6. The SMILES string of the molecule is CC1(C)Oc2ccc(S(=O)C(F)F)cc2C(N2CCCC2=O)C1O. The largest absolute Gasteiger partial charge is 0.485 e. The fourth-order valence-corrected chi connectivity index (χ4v) is 3.93. The highest BCUT2D eigenvalue weighted by molar-refractivity contribution is 7.85. The highest BCUT2D eigenvalue weighted by atomic mass is 32.2. The van der Waals surface area contributed by atoms with Gasteiger partial charge in [0.25, 0.3) is 0 Å². The quantitative estimate of drug-likeness (QED) is 0.899. The van der Waals surface area contributed by atoms with Gasteiger partial charge in [-0.25, -0.2) is 4.21 Å². The number of rotatable bonds is 3. The molecule has 2 heterocycles. The van der Waals surface area contributed by atoms with Crippen LogP contribution in [0.25, 0.3) is 0 Å². The molecule has 0 radical (unpaired) electrons. The van der Waals surface area contributed by atoms with Gasteiger partial charge in [-0.2, -0.15) is 8.78 Å². The summed E-state index contributed by atoms with van der Waals surface area (Å²) in [5.41, 5.74) is -0.521. The molecule has 3 unspecified atom stereocenters. The van der Waals surface area contributed by atoms with E-state index in [1.165, 1.54) is 18.2 Å². The Morgan fingerprint density at radius 3 is 2.71 bits per heavy atom. The smallest absolute Gasteiger partial charge is 0.316 e. The van der Waals surface area contributed by atoms with Gasteiger partial charge in [0.1, 0.15) is 28.3 Å². The summed E-state index contributed by atoms with van der Waals surface area (Å²) in [4.78, 5) is 13.7. The maximum absolute atomic E-state index is 12.8. The van der Waals surface area contributed by atoms with Crippen LogP contribution in [0, 0.1) is 0 Å². The third kappa shape index (κ3) is 2.82. The van der Waals surface area contributed by atoms with E-state index in [0.29, 0.717) is 30.7 Å². The van der Waals surface area contributed by atoms with E-state index in [4.69, 9.17) is 4.74 Å². The maximum atomic E-state index is 12.8. The Labute approximate surface area is 141 Å². The van der Waals surface area contributed by atoms with Crippen molar-refractivity contribution < 1.29 is 27.6 Å². The van der Waals surface area contributed by atoms with Crippen LogP contribution in [0.15, 0.2) is 23.1 Å². The predicted octanol–water partition coefficient (Wildman–Crippen LogP) is 2.21. The number of benzene rings is 1. The molecule has 1 fully saturated rings. The molecule has 3 rings (SSSR count). The Bertz CT molecular complexity index is 695. The average Bonchev–Trinajstić information content (AvgIpc) is 2.93. The van der Waals surface area contributed by atoms with Gasteiger partial charge in [0, 0.05) is 23.4 Å². The molecular weight excluding hydrogens is 340 g/mol. The number of halogens is 2. The van der Waals surface area contributed by atoms with Gasteiger partial charge in [-0.05, 0) is 38.5 Å². The molecule has 5 nitrogen and oxygen atoms in total. The molecule has 0 saturated carbocycles. The molecule has 1 N–H and O–H groups in total. The number of amides is 1. The van der Waals surface area contributed by atoms with Crippen LogP contribution in [0.2, 0.25) is 0 Å². The molecule has 0 bridgehead atoms. The molecule has 1 aromatic rings. The number of carbonyl (C=O) groups is 1. The lowest BCUT2D eigenvalue weighted by Gasteiger charge is -2.45. The fraction of sp³-hybridized carbons (Fsp3) is 0.562. The van der Waals surface area contributed by atoms with Crippen molar-refractivity contribution in [3.63, 3.8) is 0 Å². The van der Waals surface area contributed by atoms with Crippen LogP contribution in [-0.4, -0.2) is 44.1 Å². The predicted molar refractivity (Wildman–Crippen MR) is 83.3 cm³/mol. The van der Waals surface area contributed by atoms with Crippen LogP contribution >= 0.6 is 0 Å². The first-order chi connectivity index (χ1) is 11.2. The normalized spacial score (nSPS) is 27.1. The standard InChI is InChI=1S/C16H19F2NO4S/c1-16(2)14(21)13(19-7-3-4-12(19)20)10-8-9(24(22)15(17)18)5-6-11(10)23-16/h5-6,8,13-15,21H,3-4,7H2,1-2H3. The zero-order valence-electron chi connectivity index (χ0n) is 13.4. The van der Waals surface area contributed by atoms with E-state index >= 15 is 0 Å². The van der Waals surface area contributed by atoms with E-state index in [-0.39, 0.29) is 10.8 Å². The van der Waals surface area contributed by atoms with Crippen LogP contribution in [0.4, 0.5) is 8.78 Å². The number of nitrogens with zero attached hydrogens (tertiary/aromatic N) is 1. The van der Waals surface area contributed by atoms with Gasteiger partial charge in [-0.15, -0.1) is 0 Å². The number of aliphatic hydroxyl groups excluding tert-OH is 1. The van der Waals surface area contributed by atoms with E-state index in [9.17, 15) is 22.9 Å². The summed E-state index contributed by atoms with van der Waals surface area (Å²) in [6, 6.07) is 3.46. The molecule has 24 heavy (non-hydrogen) atoms. The van der Waals surface area contributed by atoms with Crippen LogP contribution < -0.4 is 4.74 Å². The molecular formula is C16H19F2NO4S. The van der Waals surface area contributed by atoms with Gasteiger partial charge >= 0.3 is 5.76 Å². The Kier molecular flexibility index (Phi) is 4.37. The lowest BCUT2D eigenvalue weighted by Crippen LogP contribution is -2.53. The van der Waals surface area contributed by atoms with Crippen molar-refractivity contribution >= 4 is 16.7 Å². The van der Waals surface area contributed by atoms with Crippen molar-refractivity contribution in [3.05, 3.63) is 23.8 Å². The number of likely N-dealkylation sites (tertiary alicyclic amines) is 1. The molecule has 2 aliphatic rings. The van der Waals surface area contributed by atoms with Gasteiger partial charge in [-0.1, -0.05) is 0 Å². The minimum absolute atomic E-state index is 0.0455. The number of aliphatic hydroxyl groups is 1. The van der Waals surface area contributed by atoms with Crippen molar-refractivity contribution in [2.24, 2.45) is 0 Å². The summed E-state index contributed by atoms with van der Waals surface area (Å²) < 4.78 is 43.0. The summed E-state index contributed by atoms with van der Waals surface area (Å²) in [5.74, 6) is -2.69. The monoisotopic (exact) mass is 359 g/mol. The van der Waals surface area contributed by atoms with Crippen molar-refractivity contribution in [3.8, 4) is 5.75 Å². The molecule has 0 aliphatic carbocycles. The third-order valence-electron chi connectivity index (χ3n) is 4.52. The van der Waals surface area contributed by atoms with Gasteiger partial charge in [-0.3, -0.25) is 4.79 Å². The molecule has 3 atom stereocenters. The van der Waals surface area contributed by atoms with Crippen LogP contribution in [-0.2, 0) is 15.6 Å². The number of fused-ring (bicyclic) bond motifs is 1. The van der Waals surface area contributed by atoms with E-state index in [1.54, 1.807) is 18.7 Å². The Morgan fingerprint density at radius 1 is 1.42 bits per heavy atom. The second kappa shape index (κ2) is 6.07. The van der Waals surface area contributed by atoms with Crippen LogP contribution in [0.1, 0.15) is 38.3 Å². The molecule has 0 spiro atoms. The molecule has 1 amide bonds. The number of hydrogen-bond donors (Lipinski definition) is 1. The average molecular weight is 359 g/mol. The number of carbonyl (C=O) groups excluding carboxylic acids is 1. The minimum Gasteiger partial charge on any atom is -0.485 e. The molecule has 2 aliphatic heterocycles. The van der Waals surface area contributed by atoms with Crippen molar-refractivity contribution in [2.75, 3.05) is 6.54 Å². The first-order valence-electron chi connectivity index (χ1n) is 7.71. The molecule has 1 saturated heterocycles. The second-order valence-electron chi connectivity index (χ2n) is 6.54. The first-order valence-corrected chi connectivity index (χ1v) is 8.93. The summed E-state index contributed by atoms with van der Waals surface area (Å²) in [6.07, 6.45) is 0.0476. The topological polar surface area (TPSA) is 66.8 Å². The summed E-state index contributed by atoms with van der Waals surface area (Å²) in [5, 5.41) is 10.7. The summed E-state index contributed by atoms with van der Waals surface area (Å²) in [6.45, 7) is 3.90. The Morgan fingerprint density at radius 2 is 2.12 bits per heavy atom. The minimum atomic E-state index is -3.00. The van der Waals surface area contributed by atoms with Gasteiger partial charge in [0.2, 0.25) is 5.91 Å². The van der Waals surface area contributed by atoms with Crippen molar-refractivity contribution in [1.29, 1.82) is 0 Å². The third-order valence-corrected chi connectivity index (χ3v) is 5.57. The van der Waals surface area contributed by atoms with E-state index < -0.39 is 34.3 Å². The Balaban J connectivity index is 2.10. The number of alkyl halides is 2. The van der Waals surface area contributed by atoms with Crippen molar-refractivity contribution in [2.45, 2.75) is 55.1 Å². The molecule has 0 aromatic heterocycles. The molecule has 8 heteroatoms. The lowest BCUT2D eigenvalue weighted by atomic mass is 9.85. The first kappa shape index (κ1) is 17.3. The van der Waals surface area contributed by atoms with Crippen molar-refractivity contribution in [1.82, 2.24) is 4.90 Å². The van der Waals surface area contributed by atoms with Gasteiger partial charge in [0.05, 0.1) is 6.04 Å². The van der Waals surface area contributed by atoms with Crippen LogP contribution in [0.3, 0.4) is 0 Å². The number of hydrogen-bond acceptors (Lipinski definition) is 4.